The van der Waals surface area contributed by atoms with E-state index in [1.807, 2.05) is 12.1 Å². The van der Waals surface area contributed by atoms with E-state index in [9.17, 15) is 14.4 Å². The number of nitrogens with zero attached hydrogens (tertiary/aromatic N) is 1. The first-order chi connectivity index (χ1) is 11.5. The third-order valence-corrected chi connectivity index (χ3v) is 4.27. The largest absolute Gasteiger partial charge is 0.348 e. The number of hydrogen-bond acceptors (Lipinski definition) is 3. The normalized spacial score (nSPS) is 14.5. The van der Waals surface area contributed by atoms with E-state index in [0.29, 0.717) is 16.1 Å². The molecule has 24 heavy (non-hydrogen) atoms. The summed E-state index contributed by atoms with van der Waals surface area (Å²) in [6.07, 6.45) is 0. The lowest BCUT2D eigenvalue weighted by atomic mass is 10.1. The lowest BCUT2D eigenvalue weighted by molar-refractivity contribution is -0.122. The van der Waals surface area contributed by atoms with Gasteiger partial charge in [0.25, 0.3) is 11.8 Å². The zero-order valence-corrected chi connectivity index (χ0v) is 13.7. The molecule has 3 rings (SSSR count). The minimum Gasteiger partial charge on any atom is -0.348 e. The van der Waals surface area contributed by atoms with Crippen LogP contribution >= 0.6 is 11.6 Å². The Morgan fingerprint density at radius 2 is 1.58 bits per heavy atom. The van der Waals surface area contributed by atoms with Crippen molar-refractivity contribution in [3.8, 4) is 0 Å². The Labute approximate surface area is 144 Å². The number of halogens is 1. The monoisotopic (exact) mass is 342 g/mol. The molecule has 1 aliphatic heterocycles. The maximum atomic E-state index is 12.3. The van der Waals surface area contributed by atoms with E-state index in [1.165, 1.54) is 0 Å². The van der Waals surface area contributed by atoms with Crippen molar-refractivity contribution in [1.29, 1.82) is 0 Å². The fraction of sp³-hybridized carbons (Fsp3) is 0.167. The number of carbonyl (C=O) groups excluding carboxylic acids is 3. The van der Waals surface area contributed by atoms with Gasteiger partial charge in [-0.25, -0.2) is 0 Å². The van der Waals surface area contributed by atoms with E-state index in [4.69, 9.17) is 11.6 Å². The van der Waals surface area contributed by atoms with Crippen molar-refractivity contribution in [3.63, 3.8) is 0 Å². The molecule has 1 N–H and O–H groups in total. The first-order valence-corrected chi connectivity index (χ1v) is 7.86. The summed E-state index contributed by atoms with van der Waals surface area (Å²) in [5.41, 5.74) is 1.43. The van der Waals surface area contributed by atoms with Crippen LogP contribution in [-0.2, 0) is 4.79 Å². The van der Waals surface area contributed by atoms with Crippen molar-refractivity contribution in [2.24, 2.45) is 0 Å². The van der Waals surface area contributed by atoms with Crippen LogP contribution in [0.5, 0.6) is 0 Å². The minimum absolute atomic E-state index is 0.318. The van der Waals surface area contributed by atoms with Crippen molar-refractivity contribution in [2.45, 2.75) is 13.0 Å². The summed E-state index contributed by atoms with van der Waals surface area (Å²) < 4.78 is 0. The van der Waals surface area contributed by atoms with Gasteiger partial charge in [0.15, 0.2) is 0 Å². The van der Waals surface area contributed by atoms with Gasteiger partial charge >= 0.3 is 0 Å². The zero-order valence-electron chi connectivity index (χ0n) is 13.0. The molecule has 0 radical (unpaired) electrons. The Morgan fingerprint density at radius 1 is 1.04 bits per heavy atom. The molecule has 0 saturated heterocycles. The number of fused-ring (bicyclic) bond motifs is 1. The van der Waals surface area contributed by atoms with Crippen molar-refractivity contribution in [3.05, 3.63) is 70.2 Å². The van der Waals surface area contributed by atoms with Gasteiger partial charge in [-0.3, -0.25) is 19.3 Å². The number of nitrogens with one attached hydrogen (secondary N) is 1. The molecule has 1 unspecified atom stereocenters. The topological polar surface area (TPSA) is 66.5 Å². The molecule has 3 amide bonds. The van der Waals surface area contributed by atoms with Crippen LogP contribution in [-0.4, -0.2) is 29.2 Å². The van der Waals surface area contributed by atoms with Crippen LogP contribution in [0.4, 0.5) is 0 Å². The smallest absolute Gasteiger partial charge is 0.262 e. The van der Waals surface area contributed by atoms with E-state index in [-0.39, 0.29) is 12.6 Å². The third kappa shape index (κ3) is 2.90. The van der Waals surface area contributed by atoms with E-state index >= 15 is 0 Å². The van der Waals surface area contributed by atoms with Crippen molar-refractivity contribution in [2.75, 3.05) is 6.54 Å². The molecule has 0 bridgehead atoms. The average molecular weight is 343 g/mol. The van der Waals surface area contributed by atoms with Gasteiger partial charge in [-0.1, -0.05) is 41.9 Å². The van der Waals surface area contributed by atoms with E-state index in [1.54, 1.807) is 43.3 Å². The molecule has 0 fully saturated rings. The highest BCUT2D eigenvalue weighted by Gasteiger charge is 2.36. The summed E-state index contributed by atoms with van der Waals surface area (Å²) in [7, 11) is 0. The Hall–Kier alpha value is -2.66. The standard InChI is InChI=1S/C18H15ClN2O3/c1-11(12-6-4-5-9-15(12)19)20-16(22)10-21-17(23)13-7-2-3-8-14(13)18(21)24/h2-9,11H,10H2,1H3,(H,20,22). The fourth-order valence-corrected chi connectivity index (χ4v) is 3.02. The van der Waals surface area contributed by atoms with Crippen LogP contribution in [0.3, 0.4) is 0 Å². The molecule has 6 heteroatoms. The van der Waals surface area contributed by atoms with Gasteiger partial charge in [-0.05, 0) is 30.7 Å². The molecule has 1 aliphatic rings. The third-order valence-electron chi connectivity index (χ3n) is 3.93. The molecule has 0 saturated carbocycles. The van der Waals surface area contributed by atoms with Crippen LogP contribution in [0.2, 0.25) is 5.02 Å². The molecule has 0 spiro atoms. The predicted octanol–water partition coefficient (Wildman–Crippen LogP) is 2.81. The molecule has 0 aliphatic carbocycles. The minimum atomic E-state index is -0.448. The summed E-state index contributed by atoms with van der Waals surface area (Å²) in [4.78, 5) is 37.7. The zero-order chi connectivity index (χ0) is 17.3. The second-order valence-electron chi connectivity index (χ2n) is 5.55. The molecule has 1 heterocycles. The van der Waals surface area contributed by atoms with Gasteiger partial charge in [-0.15, -0.1) is 0 Å². The summed E-state index contributed by atoms with van der Waals surface area (Å²) >= 11 is 6.11. The van der Waals surface area contributed by atoms with Crippen molar-refractivity contribution in [1.82, 2.24) is 10.2 Å². The average Bonchev–Trinajstić information content (AvgIpc) is 2.80. The van der Waals surface area contributed by atoms with Crippen LogP contribution in [0.25, 0.3) is 0 Å². The molecular weight excluding hydrogens is 328 g/mol. The maximum absolute atomic E-state index is 12.3. The predicted molar refractivity (Wildman–Crippen MR) is 89.8 cm³/mol. The molecule has 122 valence electrons. The molecule has 2 aromatic rings. The van der Waals surface area contributed by atoms with Gasteiger partial charge in [0, 0.05) is 5.02 Å². The summed E-state index contributed by atoms with van der Waals surface area (Å²) in [6.45, 7) is 1.47. The van der Waals surface area contributed by atoms with Gasteiger partial charge in [0.1, 0.15) is 6.54 Å². The summed E-state index contributed by atoms with van der Waals surface area (Å²) in [6, 6.07) is 13.4. The van der Waals surface area contributed by atoms with Crippen LogP contribution in [0.15, 0.2) is 48.5 Å². The van der Waals surface area contributed by atoms with Gasteiger partial charge < -0.3 is 5.32 Å². The molecule has 0 aromatic heterocycles. The van der Waals surface area contributed by atoms with Crippen molar-refractivity contribution >= 4 is 29.3 Å². The van der Waals surface area contributed by atoms with Gasteiger partial charge in [0.2, 0.25) is 5.91 Å². The second-order valence-corrected chi connectivity index (χ2v) is 5.96. The molecular formula is C18H15ClN2O3. The Bertz CT molecular complexity index is 800. The van der Waals surface area contributed by atoms with E-state index in [2.05, 4.69) is 5.32 Å². The highest BCUT2D eigenvalue weighted by molar-refractivity contribution is 6.31. The number of imide groups is 1. The van der Waals surface area contributed by atoms with E-state index in [0.717, 1.165) is 10.5 Å². The molecule has 1 atom stereocenters. The SMILES string of the molecule is CC(NC(=O)CN1C(=O)c2ccccc2C1=O)c1ccccc1Cl. The van der Waals surface area contributed by atoms with E-state index < -0.39 is 17.7 Å². The summed E-state index contributed by atoms with van der Waals surface area (Å²) in [5.74, 6) is -1.32. The van der Waals surface area contributed by atoms with Crippen LogP contribution in [0, 0.1) is 0 Å². The lowest BCUT2D eigenvalue weighted by Crippen LogP contribution is -2.41. The first-order valence-electron chi connectivity index (χ1n) is 7.48. The maximum Gasteiger partial charge on any atom is 0.262 e. The number of rotatable bonds is 4. The Balaban J connectivity index is 1.69. The highest BCUT2D eigenvalue weighted by atomic mass is 35.5. The highest BCUT2D eigenvalue weighted by Crippen LogP contribution is 2.24. The number of hydrogen-bond donors (Lipinski definition) is 1. The van der Waals surface area contributed by atoms with Gasteiger partial charge in [0.05, 0.1) is 17.2 Å². The van der Waals surface area contributed by atoms with Crippen molar-refractivity contribution < 1.29 is 14.4 Å². The second kappa shape index (κ2) is 6.45. The summed E-state index contributed by atoms with van der Waals surface area (Å²) in [5, 5.41) is 3.31. The van der Waals surface area contributed by atoms with Crippen LogP contribution < -0.4 is 5.32 Å². The molecule has 5 nitrogen and oxygen atoms in total. The first kappa shape index (κ1) is 16.2. The lowest BCUT2D eigenvalue weighted by Gasteiger charge is -2.18. The quantitative estimate of drug-likeness (QED) is 0.869. The number of benzene rings is 2. The molecule has 2 aromatic carbocycles. The van der Waals surface area contributed by atoms with Gasteiger partial charge in [-0.2, -0.15) is 0 Å². The Kier molecular flexibility index (Phi) is 4.36. The van der Waals surface area contributed by atoms with Crippen LogP contribution in [0.1, 0.15) is 39.2 Å². The Morgan fingerprint density at radius 3 is 2.17 bits per heavy atom. The number of amides is 3. The fourth-order valence-electron chi connectivity index (χ4n) is 2.72. The number of carbonyl (C=O) groups is 3.